The van der Waals surface area contributed by atoms with Crippen LogP contribution in [-0.2, 0) is 0 Å². The van der Waals surface area contributed by atoms with Crippen LogP contribution in [0.25, 0.3) is 5.65 Å². The van der Waals surface area contributed by atoms with Crippen LogP contribution in [0.1, 0.15) is 0 Å². The molecule has 0 unspecified atom stereocenters. The lowest BCUT2D eigenvalue weighted by Crippen LogP contribution is -2.14. The van der Waals surface area contributed by atoms with Crippen molar-refractivity contribution in [1.29, 1.82) is 0 Å². The number of hydrogen-bond acceptors (Lipinski definition) is 5. The molecule has 0 amide bonds. The van der Waals surface area contributed by atoms with Crippen LogP contribution in [0.15, 0.2) is 26.7 Å². The molecule has 2 aromatic heterocycles. The van der Waals surface area contributed by atoms with Crippen molar-refractivity contribution in [2.75, 3.05) is 5.32 Å². The van der Waals surface area contributed by atoms with Gasteiger partial charge in [-0.15, -0.1) is 0 Å². The zero-order chi connectivity index (χ0) is 10.3. The van der Waals surface area contributed by atoms with Crippen LogP contribution in [-0.4, -0.2) is 20.7 Å². The second kappa shape index (κ2) is 3.26. The summed E-state index contributed by atoms with van der Waals surface area (Å²) in [4.78, 5) is 12.4. The van der Waals surface area contributed by atoms with Crippen molar-refractivity contribution in [2.24, 2.45) is 8.20 Å². The Morgan fingerprint density at radius 3 is 3.13 bits per heavy atom. The minimum Gasteiger partial charge on any atom is -0.332 e. The Hall–Kier alpha value is -1.51. The summed E-state index contributed by atoms with van der Waals surface area (Å²) >= 11 is 1.96. The van der Waals surface area contributed by atoms with E-state index < -0.39 is 0 Å². The first kappa shape index (κ1) is 8.77. The number of nitrogens with zero attached hydrogens (tertiary/aromatic N) is 5. The smallest absolute Gasteiger partial charge is 0.239 e. The molecular weight excluding hydrogens is 307 g/mol. The van der Waals surface area contributed by atoms with Crippen LogP contribution < -0.4 is 10.7 Å². The fraction of sp³-hybridized carbons (Fsp3) is 0. The highest BCUT2D eigenvalue weighted by atomic mass is 127. The number of aliphatic imine (C=N–C) groups is 1. The van der Waals surface area contributed by atoms with E-state index in [1.165, 1.54) is 6.33 Å². The third-order valence-corrected chi connectivity index (χ3v) is 2.64. The molecule has 15 heavy (non-hydrogen) atoms. The molecule has 2 aromatic rings. The van der Waals surface area contributed by atoms with Crippen LogP contribution >= 0.6 is 22.9 Å². The van der Waals surface area contributed by atoms with Crippen molar-refractivity contribution < 1.29 is 0 Å². The minimum atomic E-state index is 0.619. The number of hydrogen-bond donors (Lipinski definition) is 1. The number of nitrogens with one attached hydrogen (secondary N) is 1. The molecule has 0 bridgehead atoms. The molecule has 0 saturated carbocycles. The van der Waals surface area contributed by atoms with Gasteiger partial charge in [0.05, 0.1) is 34.6 Å². The second-order valence-electron chi connectivity index (χ2n) is 2.95. The van der Waals surface area contributed by atoms with Crippen molar-refractivity contribution in [3.8, 4) is 0 Å². The summed E-state index contributed by atoms with van der Waals surface area (Å²) in [7, 11) is 0. The molecule has 1 N–H and O–H groups in total. The summed E-state index contributed by atoms with van der Waals surface area (Å²) < 4.78 is 5.93. The Kier molecular flexibility index (Phi) is 1.91. The molecule has 7 heteroatoms. The highest BCUT2D eigenvalue weighted by Gasteiger charge is 2.08. The van der Waals surface area contributed by atoms with Crippen LogP contribution in [0.4, 0.5) is 11.8 Å². The standard InChI is InChI=1S/C8H5IN6/c9-14-5-1-6-10-3-12-8-13-4-11-7(2-5)15(6)8/h1-4H,(H,10,11,12,13). The first-order chi connectivity index (χ1) is 7.38. The van der Waals surface area contributed by atoms with Gasteiger partial charge in [-0.3, -0.25) is 0 Å². The van der Waals surface area contributed by atoms with E-state index in [-0.39, 0.29) is 0 Å². The van der Waals surface area contributed by atoms with E-state index in [0.717, 1.165) is 16.8 Å². The highest BCUT2D eigenvalue weighted by molar-refractivity contribution is 14.1. The maximum absolute atomic E-state index is 4.17. The lowest BCUT2D eigenvalue weighted by Gasteiger charge is -2.13. The maximum atomic E-state index is 4.17. The van der Waals surface area contributed by atoms with Gasteiger partial charge < -0.3 is 5.32 Å². The number of rotatable bonds is 0. The van der Waals surface area contributed by atoms with Gasteiger partial charge in [0.15, 0.2) is 0 Å². The number of pyridine rings is 1. The van der Waals surface area contributed by atoms with Gasteiger partial charge in [0, 0.05) is 12.1 Å². The average molecular weight is 312 g/mol. The maximum Gasteiger partial charge on any atom is 0.239 e. The molecule has 0 aromatic carbocycles. The van der Waals surface area contributed by atoms with Gasteiger partial charge in [-0.2, -0.15) is 0 Å². The zero-order valence-corrected chi connectivity index (χ0v) is 9.58. The van der Waals surface area contributed by atoms with Crippen LogP contribution in [0.2, 0.25) is 0 Å². The lowest BCUT2D eigenvalue weighted by molar-refractivity contribution is 0.989. The molecule has 0 fully saturated rings. The topological polar surface area (TPSA) is 66.9 Å². The third-order valence-electron chi connectivity index (χ3n) is 2.08. The molecule has 1 aliphatic rings. The van der Waals surface area contributed by atoms with Crippen LogP contribution in [0.3, 0.4) is 0 Å². The Balaban J connectivity index is 2.53. The first-order valence-electron chi connectivity index (χ1n) is 4.20. The zero-order valence-electron chi connectivity index (χ0n) is 7.42. The Bertz CT molecular complexity index is 629. The predicted molar refractivity (Wildman–Crippen MR) is 64.3 cm³/mol. The van der Waals surface area contributed by atoms with Crippen molar-refractivity contribution in [3.63, 3.8) is 0 Å². The lowest BCUT2D eigenvalue weighted by atomic mass is 10.4. The number of anilines is 1. The third kappa shape index (κ3) is 1.30. The van der Waals surface area contributed by atoms with Crippen LogP contribution in [0, 0.1) is 0 Å². The van der Waals surface area contributed by atoms with E-state index in [2.05, 4.69) is 23.5 Å². The van der Waals surface area contributed by atoms with Crippen LogP contribution in [0.5, 0.6) is 0 Å². The van der Waals surface area contributed by atoms with Gasteiger partial charge in [0.1, 0.15) is 17.8 Å². The van der Waals surface area contributed by atoms with Gasteiger partial charge >= 0.3 is 0 Å². The first-order valence-corrected chi connectivity index (χ1v) is 5.17. The molecule has 0 saturated heterocycles. The summed E-state index contributed by atoms with van der Waals surface area (Å²) in [5.41, 5.74) is 0.775. The number of aromatic nitrogens is 3. The summed E-state index contributed by atoms with van der Waals surface area (Å²) in [5.74, 6) is 1.49. The van der Waals surface area contributed by atoms with Gasteiger partial charge in [-0.1, -0.05) is 0 Å². The molecule has 0 radical (unpaired) electrons. The van der Waals surface area contributed by atoms with Gasteiger partial charge in [-0.25, -0.2) is 22.6 Å². The van der Waals surface area contributed by atoms with E-state index in [4.69, 9.17) is 0 Å². The fourth-order valence-electron chi connectivity index (χ4n) is 1.47. The summed E-state index contributed by atoms with van der Waals surface area (Å²) in [6, 6.07) is 3.79. The van der Waals surface area contributed by atoms with Crippen molar-refractivity contribution in [1.82, 2.24) is 14.4 Å². The summed E-state index contributed by atoms with van der Waals surface area (Å²) in [5, 5.41) is 3.89. The van der Waals surface area contributed by atoms with Gasteiger partial charge in [0.25, 0.3) is 0 Å². The fourth-order valence-corrected chi connectivity index (χ4v) is 1.75. The quantitative estimate of drug-likeness (QED) is 0.740. The van der Waals surface area contributed by atoms with Gasteiger partial charge in [0.2, 0.25) is 5.95 Å². The predicted octanol–water partition coefficient (Wildman–Crippen LogP) is 1.07. The van der Waals surface area contributed by atoms with E-state index in [1.54, 1.807) is 6.34 Å². The van der Waals surface area contributed by atoms with Crippen molar-refractivity contribution in [2.45, 2.75) is 0 Å². The van der Waals surface area contributed by atoms with Crippen molar-refractivity contribution >= 4 is 46.6 Å². The average Bonchev–Trinajstić information content (AvgIpc) is 2.29. The molecule has 0 spiro atoms. The van der Waals surface area contributed by atoms with Gasteiger partial charge in [-0.05, 0) is 0 Å². The normalized spacial score (nSPS) is 14.3. The monoisotopic (exact) mass is 312 g/mol. The molecule has 0 aliphatic carbocycles. The second-order valence-corrected chi connectivity index (χ2v) is 3.44. The molecular formula is C8H5IN6. The Morgan fingerprint density at radius 2 is 2.27 bits per heavy atom. The molecule has 0 atom stereocenters. The highest BCUT2D eigenvalue weighted by Crippen LogP contribution is 2.17. The van der Waals surface area contributed by atoms with E-state index in [0.29, 0.717) is 5.95 Å². The SMILES string of the molecule is IN=c1cc2n3c(ncnc3c1)N=CN2. The number of halogens is 1. The largest absolute Gasteiger partial charge is 0.332 e. The van der Waals surface area contributed by atoms with E-state index >= 15 is 0 Å². The van der Waals surface area contributed by atoms with E-state index in [1.807, 2.05) is 39.4 Å². The Morgan fingerprint density at radius 1 is 1.33 bits per heavy atom. The summed E-state index contributed by atoms with van der Waals surface area (Å²) in [6.07, 6.45) is 3.10. The molecule has 6 nitrogen and oxygen atoms in total. The summed E-state index contributed by atoms with van der Waals surface area (Å²) in [6.45, 7) is 0. The van der Waals surface area contributed by atoms with Crippen molar-refractivity contribution in [3.05, 3.63) is 23.8 Å². The molecule has 1 aliphatic heterocycles. The molecule has 74 valence electrons. The Labute approximate surface area is 98.3 Å². The molecule has 3 heterocycles. The molecule has 3 rings (SSSR count). The minimum absolute atomic E-state index is 0.619. The van der Waals surface area contributed by atoms with E-state index in [9.17, 15) is 0 Å².